The molecule has 0 aliphatic heterocycles. The van der Waals surface area contributed by atoms with Gasteiger partial charge >= 0.3 is 11.7 Å². The first kappa shape index (κ1) is 24.2. The second-order valence-electron chi connectivity index (χ2n) is 6.61. The summed E-state index contributed by atoms with van der Waals surface area (Å²) in [5.41, 5.74) is 0.391. The van der Waals surface area contributed by atoms with E-state index in [4.69, 9.17) is 32.7 Å². The molecule has 1 amide bonds. The number of nitro benzene ring substituents is 1. The third-order valence-electron chi connectivity index (χ3n) is 4.20. The van der Waals surface area contributed by atoms with Crippen LogP contribution >= 0.6 is 23.2 Å². The Labute approximate surface area is 188 Å². The van der Waals surface area contributed by atoms with Gasteiger partial charge in [0.2, 0.25) is 5.75 Å². The Morgan fingerprint density at radius 2 is 1.71 bits per heavy atom. The predicted octanol–water partition coefficient (Wildman–Crippen LogP) is 4.73. The van der Waals surface area contributed by atoms with Gasteiger partial charge in [-0.05, 0) is 24.1 Å². The Bertz CT molecular complexity index is 1000. The molecule has 2 aromatic rings. The minimum Gasteiger partial charge on any atom is -0.490 e. The summed E-state index contributed by atoms with van der Waals surface area (Å²) in [5.74, 6) is -1.02. The smallest absolute Gasteiger partial charge is 0.325 e. The maximum atomic E-state index is 12.2. The quantitative estimate of drug-likeness (QED) is 0.336. The average Bonchev–Trinajstić information content (AvgIpc) is 2.73. The molecule has 0 atom stereocenters. The molecule has 0 fully saturated rings. The standard InChI is InChI=1S/C20H20Cl2N2O7/c1-10(2)13-7-12(8-16(24(27)28)18(13)30-4)31-19-14(21)5-11(6-15(19)22)20(26)23-9-17(25)29-3/h5-8,10H,9H2,1-4H3,(H,23,26). The Morgan fingerprint density at radius 1 is 1.10 bits per heavy atom. The molecule has 1 N–H and O–H groups in total. The largest absolute Gasteiger partial charge is 0.490 e. The van der Waals surface area contributed by atoms with Crippen molar-refractivity contribution in [3.8, 4) is 17.2 Å². The molecule has 0 heterocycles. The highest BCUT2D eigenvalue weighted by molar-refractivity contribution is 6.37. The topological polar surface area (TPSA) is 117 Å². The van der Waals surface area contributed by atoms with Crippen LogP contribution in [-0.2, 0) is 9.53 Å². The van der Waals surface area contributed by atoms with E-state index in [2.05, 4.69) is 10.1 Å². The molecule has 0 saturated heterocycles. The van der Waals surface area contributed by atoms with Crippen molar-refractivity contribution < 1.29 is 28.7 Å². The molecular weight excluding hydrogens is 451 g/mol. The van der Waals surface area contributed by atoms with Gasteiger partial charge in [0.25, 0.3) is 5.91 Å². The fraction of sp³-hybridized carbons (Fsp3) is 0.300. The Morgan fingerprint density at radius 3 is 2.19 bits per heavy atom. The summed E-state index contributed by atoms with van der Waals surface area (Å²) < 4.78 is 15.4. The molecule has 0 aliphatic rings. The zero-order valence-corrected chi connectivity index (χ0v) is 18.7. The first-order chi connectivity index (χ1) is 14.6. The molecule has 2 rings (SSSR count). The van der Waals surface area contributed by atoms with E-state index >= 15 is 0 Å². The van der Waals surface area contributed by atoms with Crippen molar-refractivity contribution in [1.82, 2.24) is 5.32 Å². The van der Waals surface area contributed by atoms with Crippen molar-refractivity contribution in [3.63, 3.8) is 0 Å². The van der Waals surface area contributed by atoms with Crippen molar-refractivity contribution >= 4 is 40.8 Å². The van der Waals surface area contributed by atoms with Gasteiger partial charge in [0.1, 0.15) is 12.3 Å². The van der Waals surface area contributed by atoms with Gasteiger partial charge < -0.3 is 19.5 Å². The van der Waals surface area contributed by atoms with Crippen LogP contribution in [0.2, 0.25) is 10.0 Å². The fourth-order valence-corrected chi connectivity index (χ4v) is 3.25. The summed E-state index contributed by atoms with van der Waals surface area (Å²) in [6, 6.07) is 5.40. The van der Waals surface area contributed by atoms with E-state index in [9.17, 15) is 19.7 Å². The molecule has 9 nitrogen and oxygen atoms in total. The zero-order valence-electron chi connectivity index (χ0n) is 17.2. The number of benzene rings is 2. The molecule has 0 saturated carbocycles. The van der Waals surface area contributed by atoms with Crippen molar-refractivity contribution in [1.29, 1.82) is 0 Å². The number of hydrogen-bond acceptors (Lipinski definition) is 7. The van der Waals surface area contributed by atoms with E-state index in [1.54, 1.807) is 6.07 Å². The monoisotopic (exact) mass is 470 g/mol. The molecule has 2 aromatic carbocycles. The lowest BCUT2D eigenvalue weighted by atomic mass is 10.0. The summed E-state index contributed by atoms with van der Waals surface area (Å²) in [4.78, 5) is 34.3. The van der Waals surface area contributed by atoms with Gasteiger partial charge in [-0.2, -0.15) is 0 Å². The Balaban J connectivity index is 2.40. The van der Waals surface area contributed by atoms with Crippen LogP contribution in [0.5, 0.6) is 17.2 Å². The first-order valence-electron chi connectivity index (χ1n) is 8.97. The third-order valence-corrected chi connectivity index (χ3v) is 4.76. The van der Waals surface area contributed by atoms with Crippen LogP contribution in [-0.4, -0.2) is 37.6 Å². The molecule has 0 aromatic heterocycles. The van der Waals surface area contributed by atoms with Gasteiger partial charge in [-0.3, -0.25) is 19.7 Å². The number of ether oxygens (including phenoxy) is 3. The molecule has 0 bridgehead atoms. The van der Waals surface area contributed by atoms with Gasteiger partial charge in [-0.1, -0.05) is 37.0 Å². The number of nitro groups is 1. The van der Waals surface area contributed by atoms with Crippen LogP contribution in [0.1, 0.15) is 35.7 Å². The van der Waals surface area contributed by atoms with Crippen molar-refractivity contribution in [2.24, 2.45) is 0 Å². The minimum atomic E-state index is -0.618. The van der Waals surface area contributed by atoms with E-state index in [1.165, 1.54) is 32.4 Å². The number of nitrogens with zero attached hydrogens (tertiary/aromatic N) is 1. The SMILES string of the molecule is COC(=O)CNC(=O)c1cc(Cl)c(Oc2cc(C(C)C)c(OC)c([N+](=O)[O-])c2)c(Cl)c1. The summed E-state index contributed by atoms with van der Waals surface area (Å²) in [6.07, 6.45) is 0. The summed E-state index contributed by atoms with van der Waals surface area (Å²) in [6.45, 7) is 3.39. The van der Waals surface area contributed by atoms with E-state index in [0.717, 1.165) is 0 Å². The fourth-order valence-electron chi connectivity index (χ4n) is 2.69. The van der Waals surface area contributed by atoms with E-state index in [0.29, 0.717) is 5.56 Å². The van der Waals surface area contributed by atoms with Crippen molar-refractivity contribution in [3.05, 3.63) is 55.6 Å². The predicted molar refractivity (Wildman–Crippen MR) is 115 cm³/mol. The van der Waals surface area contributed by atoms with Gasteiger partial charge in [0.05, 0.1) is 35.3 Å². The van der Waals surface area contributed by atoms with Crippen LogP contribution < -0.4 is 14.8 Å². The molecule has 0 aliphatic carbocycles. The average molecular weight is 471 g/mol. The number of nitrogens with one attached hydrogen (secondary N) is 1. The number of hydrogen-bond donors (Lipinski definition) is 1. The summed E-state index contributed by atoms with van der Waals surface area (Å²) in [7, 11) is 2.55. The number of esters is 1. The normalized spacial score (nSPS) is 10.5. The second-order valence-corrected chi connectivity index (χ2v) is 7.42. The lowest BCUT2D eigenvalue weighted by Gasteiger charge is -2.16. The van der Waals surface area contributed by atoms with Crippen LogP contribution in [0, 0.1) is 10.1 Å². The first-order valence-corrected chi connectivity index (χ1v) is 9.72. The maximum absolute atomic E-state index is 12.2. The number of methoxy groups -OCH3 is 2. The second kappa shape index (κ2) is 10.3. The molecule has 0 radical (unpaired) electrons. The van der Waals surface area contributed by atoms with Crippen molar-refractivity contribution in [2.75, 3.05) is 20.8 Å². The molecule has 11 heteroatoms. The molecule has 0 spiro atoms. The van der Waals surface area contributed by atoms with Gasteiger partial charge in [0.15, 0.2) is 5.75 Å². The Hall–Kier alpha value is -3.04. The highest BCUT2D eigenvalue weighted by Gasteiger charge is 2.24. The number of amides is 1. The highest BCUT2D eigenvalue weighted by Crippen LogP contribution is 2.43. The number of carbonyl (C=O) groups is 2. The lowest BCUT2D eigenvalue weighted by molar-refractivity contribution is -0.385. The molecule has 31 heavy (non-hydrogen) atoms. The van der Waals surface area contributed by atoms with Gasteiger partial charge in [-0.15, -0.1) is 0 Å². The zero-order chi connectivity index (χ0) is 23.3. The van der Waals surface area contributed by atoms with E-state index < -0.39 is 16.8 Å². The van der Waals surface area contributed by atoms with Crippen molar-refractivity contribution in [2.45, 2.75) is 19.8 Å². The van der Waals surface area contributed by atoms with Gasteiger partial charge in [-0.25, -0.2) is 0 Å². The van der Waals surface area contributed by atoms with E-state index in [-0.39, 0.29) is 51.0 Å². The van der Waals surface area contributed by atoms with Crippen LogP contribution in [0.4, 0.5) is 5.69 Å². The van der Waals surface area contributed by atoms with Crippen LogP contribution in [0.25, 0.3) is 0 Å². The summed E-state index contributed by atoms with van der Waals surface area (Å²) >= 11 is 12.5. The molecular formula is C20H20Cl2N2O7. The lowest BCUT2D eigenvalue weighted by Crippen LogP contribution is -2.30. The molecule has 166 valence electrons. The molecule has 0 unspecified atom stereocenters. The van der Waals surface area contributed by atoms with E-state index in [1.807, 2.05) is 13.8 Å². The van der Waals surface area contributed by atoms with Crippen LogP contribution in [0.3, 0.4) is 0 Å². The van der Waals surface area contributed by atoms with Crippen LogP contribution in [0.15, 0.2) is 24.3 Å². The third kappa shape index (κ3) is 5.77. The Kier molecular flexibility index (Phi) is 8.07. The summed E-state index contributed by atoms with van der Waals surface area (Å²) in [5, 5.41) is 13.9. The highest BCUT2D eigenvalue weighted by atomic mass is 35.5. The number of halogens is 2. The number of carbonyl (C=O) groups excluding carboxylic acids is 2. The minimum absolute atomic E-state index is 0.000265. The van der Waals surface area contributed by atoms with Gasteiger partial charge in [0, 0.05) is 11.1 Å². The maximum Gasteiger partial charge on any atom is 0.325 e. The number of rotatable bonds is 8.